The molecule has 0 heterocycles. The van der Waals surface area contributed by atoms with Crippen molar-refractivity contribution >= 4 is 34.8 Å². The molecule has 0 N–H and O–H groups in total. The van der Waals surface area contributed by atoms with Gasteiger partial charge in [0.25, 0.3) is 0 Å². The van der Waals surface area contributed by atoms with E-state index >= 15 is 0 Å². The fourth-order valence-corrected chi connectivity index (χ4v) is 3.30. The normalized spacial score (nSPS) is 25.7. The summed E-state index contributed by atoms with van der Waals surface area (Å²) in [7, 11) is 0. The van der Waals surface area contributed by atoms with E-state index in [1.807, 2.05) is 18.2 Å². The molecule has 2 unspecified atom stereocenters. The Morgan fingerprint density at radius 1 is 1.06 bits per heavy atom. The maximum absolute atomic E-state index is 6.35. The van der Waals surface area contributed by atoms with Crippen molar-refractivity contribution in [2.45, 2.75) is 37.5 Å². The van der Waals surface area contributed by atoms with Crippen LogP contribution in [0.15, 0.2) is 18.2 Å². The van der Waals surface area contributed by atoms with Crippen molar-refractivity contribution < 1.29 is 0 Å². The van der Waals surface area contributed by atoms with Crippen molar-refractivity contribution in [1.82, 2.24) is 0 Å². The number of alkyl halides is 1. The van der Waals surface area contributed by atoms with E-state index in [0.717, 1.165) is 28.5 Å². The lowest BCUT2D eigenvalue weighted by molar-refractivity contribution is 0.364. The maximum Gasteiger partial charge on any atom is 0.0452 e. The SMILES string of the molecule is Clc1cccc(Cl)c1CC1CCCCC1Cl. The Bertz CT molecular complexity index is 342. The van der Waals surface area contributed by atoms with Crippen molar-refractivity contribution in [3.8, 4) is 0 Å². The average molecular weight is 278 g/mol. The molecule has 1 aromatic carbocycles. The van der Waals surface area contributed by atoms with E-state index in [1.165, 1.54) is 19.3 Å². The zero-order valence-corrected chi connectivity index (χ0v) is 11.3. The zero-order valence-electron chi connectivity index (χ0n) is 9.06. The molecule has 0 aliphatic heterocycles. The molecule has 3 heteroatoms. The van der Waals surface area contributed by atoms with Crippen molar-refractivity contribution in [3.05, 3.63) is 33.8 Å². The molecule has 1 aliphatic rings. The van der Waals surface area contributed by atoms with Crippen LogP contribution in [0.5, 0.6) is 0 Å². The second kappa shape index (κ2) is 5.62. The van der Waals surface area contributed by atoms with Crippen molar-refractivity contribution in [1.29, 1.82) is 0 Å². The topological polar surface area (TPSA) is 0 Å². The molecule has 0 amide bonds. The monoisotopic (exact) mass is 276 g/mol. The first-order valence-corrected chi connectivity index (χ1v) is 6.94. The second-order valence-electron chi connectivity index (χ2n) is 4.46. The van der Waals surface area contributed by atoms with E-state index in [2.05, 4.69) is 0 Å². The molecule has 0 radical (unpaired) electrons. The first-order valence-electron chi connectivity index (χ1n) is 5.75. The highest BCUT2D eigenvalue weighted by Gasteiger charge is 2.24. The molecule has 0 saturated heterocycles. The van der Waals surface area contributed by atoms with Gasteiger partial charge in [-0.2, -0.15) is 0 Å². The van der Waals surface area contributed by atoms with Crippen LogP contribution in [0.2, 0.25) is 10.0 Å². The van der Waals surface area contributed by atoms with E-state index in [4.69, 9.17) is 34.8 Å². The molecule has 0 spiro atoms. The van der Waals surface area contributed by atoms with Crippen LogP contribution in [0.25, 0.3) is 0 Å². The molecule has 88 valence electrons. The summed E-state index contributed by atoms with van der Waals surface area (Å²) in [6, 6.07) is 5.68. The van der Waals surface area contributed by atoms with Crippen LogP contribution >= 0.6 is 34.8 Å². The third kappa shape index (κ3) is 2.85. The smallest absolute Gasteiger partial charge is 0.0452 e. The molecule has 2 atom stereocenters. The Morgan fingerprint density at radius 3 is 2.31 bits per heavy atom. The predicted octanol–water partition coefficient (Wildman–Crippen LogP) is 5.33. The van der Waals surface area contributed by atoms with Crippen LogP contribution in [0.3, 0.4) is 0 Å². The third-order valence-corrected chi connectivity index (χ3v) is 4.63. The van der Waals surface area contributed by atoms with Gasteiger partial charge in [0.1, 0.15) is 0 Å². The zero-order chi connectivity index (χ0) is 11.5. The molecule has 1 fully saturated rings. The Hall–Kier alpha value is 0.0900. The largest absolute Gasteiger partial charge is 0.123 e. The van der Waals surface area contributed by atoms with Gasteiger partial charge in [0.15, 0.2) is 0 Å². The van der Waals surface area contributed by atoms with Gasteiger partial charge in [-0.25, -0.2) is 0 Å². The van der Waals surface area contributed by atoms with Crippen LogP contribution in [0.1, 0.15) is 31.2 Å². The molecular formula is C13H15Cl3. The van der Waals surface area contributed by atoms with E-state index in [0.29, 0.717) is 5.92 Å². The van der Waals surface area contributed by atoms with E-state index in [1.54, 1.807) is 0 Å². The van der Waals surface area contributed by atoms with E-state index in [9.17, 15) is 0 Å². The lowest BCUT2D eigenvalue weighted by Crippen LogP contribution is -2.22. The van der Waals surface area contributed by atoms with E-state index in [-0.39, 0.29) is 5.38 Å². The molecule has 0 bridgehead atoms. The lowest BCUT2D eigenvalue weighted by Gasteiger charge is -2.27. The summed E-state index contributed by atoms with van der Waals surface area (Å²) in [5.41, 5.74) is 1.06. The highest BCUT2D eigenvalue weighted by molar-refractivity contribution is 6.36. The molecule has 2 rings (SSSR count). The first kappa shape index (κ1) is 12.5. The standard InChI is InChI=1S/C13H15Cl3/c14-11-5-2-1-4-9(11)8-10-12(15)6-3-7-13(10)16/h3,6-7,9,11H,1-2,4-5,8H2. The summed E-state index contributed by atoms with van der Waals surface area (Å²) < 4.78 is 0. The number of benzene rings is 1. The van der Waals surface area contributed by atoms with Gasteiger partial charge in [-0.1, -0.05) is 42.1 Å². The fourth-order valence-electron chi connectivity index (χ4n) is 2.38. The van der Waals surface area contributed by atoms with Gasteiger partial charge in [0.2, 0.25) is 0 Å². The summed E-state index contributed by atoms with van der Waals surface area (Å²) in [6.45, 7) is 0. The number of halogens is 3. The summed E-state index contributed by atoms with van der Waals surface area (Å²) in [5.74, 6) is 0.521. The van der Waals surface area contributed by atoms with Crippen LogP contribution in [0.4, 0.5) is 0 Å². The number of rotatable bonds is 2. The van der Waals surface area contributed by atoms with Gasteiger partial charge in [-0.05, 0) is 42.9 Å². The van der Waals surface area contributed by atoms with Crippen molar-refractivity contribution in [3.63, 3.8) is 0 Å². The van der Waals surface area contributed by atoms with Crippen LogP contribution < -0.4 is 0 Å². The molecule has 16 heavy (non-hydrogen) atoms. The van der Waals surface area contributed by atoms with Gasteiger partial charge in [-0.3, -0.25) is 0 Å². The molecule has 0 nitrogen and oxygen atoms in total. The minimum atomic E-state index is 0.279. The van der Waals surface area contributed by atoms with Crippen molar-refractivity contribution in [2.24, 2.45) is 5.92 Å². The highest BCUT2D eigenvalue weighted by Crippen LogP contribution is 2.35. The number of hydrogen-bond donors (Lipinski definition) is 0. The summed E-state index contributed by atoms with van der Waals surface area (Å²) in [6.07, 6.45) is 5.74. The van der Waals surface area contributed by atoms with Crippen LogP contribution in [-0.4, -0.2) is 5.38 Å². The minimum Gasteiger partial charge on any atom is -0.123 e. The van der Waals surface area contributed by atoms with Crippen LogP contribution in [0, 0.1) is 5.92 Å². The quantitative estimate of drug-likeness (QED) is 0.641. The summed E-state index contributed by atoms with van der Waals surface area (Å²) in [5, 5.41) is 1.81. The molecule has 1 aliphatic carbocycles. The molecule has 0 aromatic heterocycles. The third-order valence-electron chi connectivity index (χ3n) is 3.34. The van der Waals surface area contributed by atoms with Crippen LogP contribution in [-0.2, 0) is 6.42 Å². The maximum atomic E-state index is 6.35. The Kier molecular flexibility index (Phi) is 4.41. The highest BCUT2D eigenvalue weighted by atomic mass is 35.5. The first-order chi connectivity index (χ1) is 7.68. The minimum absolute atomic E-state index is 0.279. The second-order valence-corrected chi connectivity index (χ2v) is 5.84. The lowest BCUT2D eigenvalue weighted by atomic mass is 9.84. The molecular weight excluding hydrogens is 263 g/mol. The van der Waals surface area contributed by atoms with Gasteiger partial charge < -0.3 is 0 Å². The predicted molar refractivity (Wildman–Crippen MR) is 71.8 cm³/mol. The molecule has 1 aromatic rings. The summed E-state index contributed by atoms with van der Waals surface area (Å²) >= 11 is 18.7. The Morgan fingerprint density at radius 2 is 1.69 bits per heavy atom. The van der Waals surface area contributed by atoms with Gasteiger partial charge in [0, 0.05) is 15.4 Å². The van der Waals surface area contributed by atoms with Gasteiger partial charge >= 0.3 is 0 Å². The van der Waals surface area contributed by atoms with Gasteiger partial charge in [0.05, 0.1) is 0 Å². The average Bonchev–Trinajstić information content (AvgIpc) is 2.26. The van der Waals surface area contributed by atoms with E-state index < -0.39 is 0 Å². The number of hydrogen-bond acceptors (Lipinski definition) is 0. The van der Waals surface area contributed by atoms with Crippen molar-refractivity contribution in [2.75, 3.05) is 0 Å². The Labute approximate surface area is 112 Å². The Balaban J connectivity index is 2.13. The van der Waals surface area contributed by atoms with Gasteiger partial charge in [-0.15, -0.1) is 11.6 Å². The summed E-state index contributed by atoms with van der Waals surface area (Å²) in [4.78, 5) is 0. The molecule has 1 saturated carbocycles. The fraction of sp³-hybridized carbons (Fsp3) is 0.538.